The second-order valence-electron chi connectivity index (χ2n) is 11.0. The fraction of sp³-hybridized carbons (Fsp3) is 0.448. The molecule has 2 fully saturated rings. The molecule has 2 aliphatic heterocycles. The summed E-state index contributed by atoms with van der Waals surface area (Å²) >= 11 is 1.12. The van der Waals surface area contributed by atoms with Crippen molar-refractivity contribution in [2.45, 2.75) is 53.8 Å². The van der Waals surface area contributed by atoms with Gasteiger partial charge >= 0.3 is 6.61 Å². The lowest BCUT2D eigenvalue weighted by Crippen LogP contribution is -2.56. The van der Waals surface area contributed by atoms with Gasteiger partial charge in [-0.1, -0.05) is 22.6 Å². The molecule has 2 aliphatic rings. The molecule has 13 nitrogen and oxygen atoms in total. The van der Waals surface area contributed by atoms with Gasteiger partial charge in [-0.2, -0.15) is 8.78 Å². The van der Waals surface area contributed by atoms with Crippen LogP contribution in [0.5, 0.6) is 5.75 Å². The lowest BCUT2D eigenvalue weighted by molar-refractivity contribution is -0.186. The van der Waals surface area contributed by atoms with Gasteiger partial charge < -0.3 is 34.3 Å². The Morgan fingerprint density at radius 2 is 1.65 bits per heavy atom. The maximum Gasteiger partial charge on any atom is 0.387 e. The zero-order valence-corrected chi connectivity index (χ0v) is 25.7. The third kappa shape index (κ3) is 6.89. The molecular weight excluding hydrogens is 671 g/mol. The molecule has 8 atom stereocenters. The van der Waals surface area contributed by atoms with Gasteiger partial charge in [0.1, 0.15) is 53.0 Å². The molecule has 258 valence electrons. The van der Waals surface area contributed by atoms with Gasteiger partial charge in [-0.25, -0.2) is 22.5 Å². The molecule has 0 unspecified atom stereocenters. The number of ether oxygens (including phenoxy) is 4. The monoisotopic (exact) mass is 700 g/mol. The van der Waals surface area contributed by atoms with E-state index in [1.165, 1.54) is 47.1 Å². The van der Waals surface area contributed by atoms with Crippen molar-refractivity contribution in [3.8, 4) is 28.3 Å². The predicted octanol–water partition coefficient (Wildman–Crippen LogP) is 2.59. The number of halogens is 5. The van der Waals surface area contributed by atoms with Crippen LogP contribution in [0.1, 0.15) is 12.1 Å². The van der Waals surface area contributed by atoms with E-state index in [1.807, 2.05) is 0 Å². The summed E-state index contributed by atoms with van der Waals surface area (Å²) in [7, 11) is 1.36. The van der Waals surface area contributed by atoms with Gasteiger partial charge in [0.25, 0.3) is 0 Å². The van der Waals surface area contributed by atoms with E-state index < -0.39 is 77.9 Å². The molecule has 4 heterocycles. The summed E-state index contributed by atoms with van der Waals surface area (Å²) < 4.78 is 91.3. The lowest BCUT2D eigenvalue weighted by Gasteiger charge is -2.45. The van der Waals surface area contributed by atoms with Gasteiger partial charge in [-0.05, 0) is 24.3 Å². The average molecular weight is 701 g/mol. The van der Waals surface area contributed by atoms with Crippen LogP contribution in [0.4, 0.5) is 22.0 Å². The lowest BCUT2D eigenvalue weighted by atomic mass is 9.97. The molecule has 2 aromatic carbocycles. The molecule has 48 heavy (non-hydrogen) atoms. The minimum Gasteiger partial charge on any atom is -0.435 e. The molecule has 0 saturated carbocycles. The minimum atomic E-state index is -3.00. The number of thioether (sulfide) groups is 1. The average Bonchev–Trinajstić information content (AvgIpc) is 3.76. The maximum atomic E-state index is 13.9. The number of alkyl halides is 2. The number of aliphatic hydroxyl groups is 3. The molecule has 2 saturated heterocycles. The first-order chi connectivity index (χ1) is 23.1. The van der Waals surface area contributed by atoms with E-state index in [4.69, 9.17) is 14.2 Å². The summed E-state index contributed by atoms with van der Waals surface area (Å²) in [6.07, 6.45) is -1.72. The van der Waals surface area contributed by atoms with Crippen LogP contribution in [0.25, 0.3) is 22.5 Å². The Labute approximate surface area is 273 Å². The van der Waals surface area contributed by atoms with E-state index in [-0.39, 0.29) is 30.2 Å². The van der Waals surface area contributed by atoms with E-state index in [9.17, 15) is 37.3 Å². The Morgan fingerprint density at radius 1 is 0.958 bits per heavy atom. The molecule has 3 N–H and O–H groups in total. The molecule has 0 aliphatic carbocycles. The van der Waals surface area contributed by atoms with E-state index in [1.54, 1.807) is 6.07 Å². The molecule has 0 radical (unpaired) electrons. The summed E-state index contributed by atoms with van der Waals surface area (Å²) in [5, 5.41) is 48.2. The van der Waals surface area contributed by atoms with E-state index in [0.29, 0.717) is 11.3 Å². The number of methoxy groups -OCH3 is 1. The van der Waals surface area contributed by atoms with Gasteiger partial charge in [0.2, 0.25) is 0 Å². The van der Waals surface area contributed by atoms with Crippen molar-refractivity contribution in [3.05, 3.63) is 66.2 Å². The molecular formula is C29H29F5N6O7S. The third-order valence-electron chi connectivity index (χ3n) is 8.05. The Kier molecular flexibility index (Phi) is 10.3. The maximum absolute atomic E-state index is 13.9. The highest BCUT2D eigenvalue weighted by molar-refractivity contribution is 8.00. The number of hydrogen-bond acceptors (Lipinski definition) is 12. The minimum absolute atomic E-state index is 0.0227. The SMILES string of the molecule is CO[C@@H]1[C@@H](n2cc(-c3cc(F)c(F)c(F)c3)nn2)[C@@H](O)[C@@H](CO)O[C@H]1S[C@@H]1COC[C@H](n2cc(-c3cccc(OC(F)F)c3)nn2)[C@H]1O. The van der Waals surface area contributed by atoms with Gasteiger partial charge in [0.05, 0.1) is 43.6 Å². The fourth-order valence-corrected chi connectivity index (χ4v) is 7.15. The molecule has 4 aromatic rings. The number of aliphatic hydroxyl groups excluding tert-OH is 3. The van der Waals surface area contributed by atoms with Gasteiger partial charge in [0, 0.05) is 18.2 Å². The first kappa shape index (κ1) is 34.2. The molecule has 2 aromatic heterocycles. The molecule has 19 heteroatoms. The van der Waals surface area contributed by atoms with Crippen molar-refractivity contribution in [2.24, 2.45) is 0 Å². The summed E-state index contributed by atoms with van der Waals surface area (Å²) in [4.78, 5) is 0. The van der Waals surface area contributed by atoms with E-state index >= 15 is 0 Å². The van der Waals surface area contributed by atoms with Crippen molar-refractivity contribution in [3.63, 3.8) is 0 Å². The Balaban J connectivity index is 1.21. The van der Waals surface area contributed by atoms with Crippen LogP contribution < -0.4 is 4.74 Å². The van der Waals surface area contributed by atoms with Crippen molar-refractivity contribution < 1.29 is 56.2 Å². The van der Waals surface area contributed by atoms with Crippen LogP contribution in [-0.2, 0) is 14.2 Å². The number of hydrogen-bond donors (Lipinski definition) is 3. The summed E-state index contributed by atoms with van der Waals surface area (Å²) in [5.74, 6) is -4.53. The second-order valence-corrected chi connectivity index (χ2v) is 12.3. The Hall–Kier alpha value is -3.72. The smallest absolute Gasteiger partial charge is 0.387 e. The van der Waals surface area contributed by atoms with Crippen molar-refractivity contribution in [1.82, 2.24) is 30.0 Å². The fourth-order valence-electron chi connectivity index (χ4n) is 5.66. The quantitative estimate of drug-likeness (QED) is 0.164. The van der Waals surface area contributed by atoms with E-state index in [0.717, 1.165) is 23.9 Å². The molecule has 0 spiro atoms. The zero-order chi connectivity index (χ0) is 34.1. The van der Waals surface area contributed by atoms with Crippen LogP contribution >= 0.6 is 11.8 Å². The van der Waals surface area contributed by atoms with Gasteiger partial charge in [-0.3, -0.25) is 0 Å². The van der Waals surface area contributed by atoms with Crippen LogP contribution in [0.2, 0.25) is 0 Å². The first-order valence-corrected chi connectivity index (χ1v) is 15.4. The van der Waals surface area contributed by atoms with Crippen LogP contribution in [0.3, 0.4) is 0 Å². The molecule has 6 rings (SSSR count). The number of rotatable bonds is 10. The molecule has 0 amide bonds. The third-order valence-corrected chi connectivity index (χ3v) is 9.46. The summed E-state index contributed by atoms with van der Waals surface area (Å²) in [5.41, 5.74) is -0.240. The summed E-state index contributed by atoms with van der Waals surface area (Å²) in [6.45, 7) is -3.44. The second kappa shape index (κ2) is 14.4. The Morgan fingerprint density at radius 3 is 2.33 bits per heavy atom. The first-order valence-electron chi connectivity index (χ1n) is 14.5. The van der Waals surface area contributed by atoms with Crippen LogP contribution in [0.15, 0.2) is 48.8 Å². The normalized spacial score (nSPS) is 27.8. The van der Waals surface area contributed by atoms with Crippen molar-refractivity contribution in [2.75, 3.05) is 26.9 Å². The van der Waals surface area contributed by atoms with E-state index in [2.05, 4.69) is 25.4 Å². The van der Waals surface area contributed by atoms with Gasteiger partial charge in [-0.15, -0.1) is 22.0 Å². The number of nitrogens with zero attached hydrogens (tertiary/aromatic N) is 6. The topological polar surface area (TPSA) is 159 Å². The molecule has 0 bridgehead atoms. The highest BCUT2D eigenvalue weighted by Gasteiger charge is 2.49. The number of benzene rings is 2. The van der Waals surface area contributed by atoms with Crippen molar-refractivity contribution >= 4 is 11.8 Å². The standard InChI is InChI=1S/C29H29F5N6O7S/c1-44-27-24(40-9-19(36-38-40)14-6-16(30)23(32)17(31)7-14)26(43)21(10-41)47-28(27)48-22-12-45-11-20(25(22)42)39-8-18(35-37-39)13-3-2-4-15(5-13)46-29(33)34/h2-9,20-22,24-29,41-43H,10-12H2,1H3/t20-,21+,22+,24-,25+,26-,27+,28-/m0/s1. The number of aromatic nitrogens is 6. The van der Waals surface area contributed by atoms with Gasteiger partial charge in [0.15, 0.2) is 17.5 Å². The predicted molar refractivity (Wildman–Crippen MR) is 156 cm³/mol. The van der Waals surface area contributed by atoms with Crippen LogP contribution in [0, 0.1) is 17.5 Å². The summed E-state index contributed by atoms with van der Waals surface area (Å²) in [6, 6.07) is 5.70. The highest BCUT2D eigenvalue weighted by Crippen LogP contribution is 2.41. The van der Waals surface area contributed by atoms with Crippen molar-refractivity contribution in [1.29, 1.82) is 0 Å². The van der Waals surface area contributed by atoms with Crippen LogP contribution in [-0.4, -0.2) is 114 Å². The zero-order valence-electron chi connectivity index (χ0n) is 24.9. The highest BCUT2D eigenvalue weighted by atomic mass is 32.2. The Bertz CT molecular complexity index is 1700. The largest absolute Gasteiger partial charge is 0.435 e.